The maximum absolute atomic E-state index is 6.14. The Morgan fingerprint density at radius 3 is 1.43 bits per heavy atom. The summed E-state index contributed by atoms with van der Waals surface area (Å²) in [5, 5.41) is 22.8. The molecule has 0 saturated carbocycles. The van der Waals surface area contributed by atoms with Gasteiger partial charge in [-0.25, -0.2) is 49.8 Å². The van der Waals surface area contributed by atoms with Gasteiger partial charge in [-0.15, -0.1) is 15.3 Å². The van der Waals surface area contributed by atoms with Gasteiger partial charge in [-0.3, -0.25) is 9.80 Å². The Labute approximate surface area is 570 Å². The van der Waals surface area contributed by atoms with E-state index in [1.165, 1.54) is 0 Å². The van der Waals surface area contributed by atoms with Crippen LogP contribution in [0.1, 0.15) is 140 Å². The summed E-state index contributed by atoms with van der Waals surface area (Å²) < 4.78 is 43.3. The lowest BCUT2D eigenvalue weighted by Gasteiger charge is -2.31. The number of aromatic nitrogens is 16. The number of ether oxygens (including phenoxy) is 3. The number of nitrogens with zero attached hydrogens (tertiary/aromatic N) is 18. The van der Waals surface area contributed by atoms with Crippen LogP contribution in [0, 0.1) is 27.7 Å². The van der Waals surface area contributed by atoms with Gasteiger partial charge in [-0.05, 0) is 70.5 Å². The average Bonchev–Trinajstić information content (AvgIpc) is 1.48. The Balaban J connectivity index is 0.000000117. The number of para-hydroxylation sites is 3. The van der Waals surface area contributed by atoms with E-state index in [1.54, 1.807) is 34.9 Å². The van der Waals surface area contributed by atoms with Crippen molar-refractivity contribution in [3.63, 3.8) is 0 Å². The first-order valence-corrected chi connectivity index (χ1v) is 33.6. The van der Waals surface area contributed by atoms with Gasteiger partial charge in [-0.2, -0.15) is 13.5 Å². The molecule has 4 aliphatic rings. The quantitative estimate of drug-likeness (QED) is 0.0809. The molecule has 4 aliphatic heterocycles. The minimum absolute atomic E-state index is 0.189. The number of rotatable bonds is 11. The van der Waals surface area contributed by atoms with E-state index < -0.39 is 0 Å². The molecule has 99 heavy (non-hydrogen) atoms. The van der Waals surface area contributed by atoms with E-state index in [0.29, 0.717) is 93.9 Å². The zero-order valence-electron chi connectivity index (χ0n) is 58.0. The minimum Gasteiger partial charge on any atom is -0.494 e. The Morgan fingerprint density at radius 2 is 0.939 bits per heavy atom. The van der Waals surface area contributed by atoms with E-state index in [4.69, 9.17) is 59.0 Å². The van der Waals surface area contributed by atoms with E-state index in [-0.39, 0.29) is 6.04 Å². The highest BCUT2D eigenvalue weighted by atomic mass is 16.5. The molecule has 0 fully saturated rings. The fourth-order valence-corrected chi connectivity index (χ4v) is 13.2. The third kappa shape index (κ3) is 13.9. The Morgan fingerprint density at radius 1 is 0.495 bits per heavy atom. The fraction of sp³-hybridized carbons (Fsp3) is 0.435. The monoisotopic (exact) mass is 1350 g/mol. The van der Waals surface area contributed by atoms with Gasteiger partial charge in [-0.1, -0.05) is 25.1 Å². The first kappa shape index (κ1) is 67.2. The predicted octanol–water partition coefficient (Wildman–Crippen LogP) is 8.51. The minimum atomic E-state index is 0.189. The molecule has 30 nitrogen and oxygen atoms in total. The van der Waals surface area contributed by atoms with Crippen LogP contribution in [0.3, 0.4) is 0 Å². The van der Waals surface area contributed by atoms with Gasteiger partial charge in [0.25, 0.3) is 0 Å². The highest BCUT2D eigenvalue weighted by molar-refractivity contribution is 5.97. The third-order valence-electron chi connectivity index (χ3n) is 18.2. The van der Waals surface area contributed by atoms with Crippen molar-refractivity contribution in [2.24, 2.45) is 0 Å². The highest BCUT2D eigenvalue weighted by Gasteiger charge is 2.31. The van der Waals surface area contributed by atoms with Gasteiger partial charge in [0.1, 0.15) is 56.8 Å². The van der Waals surface area contributed by atoms with Gasteiger partial charge in [0, 0.05) is 127 Å². The van der Waals surface area contributed by atoms with E-state index in [0.717, 1.165) is 186 Å². The number of oxazole rings is 4. The maximum atomic E-state index is 6.14. The van der Waals surface area contributed by atoms with Crippen LogP contribution >= 0.6 is 0 Å². The molecule has 17 rings (SSSR count). The summed E-state index contributed by atoms with van der Waals surface area (Å²) >= 11 is 0. The molecule has 0 saturated heterocycles. The summed E-state index contributed by atoms with van der Waals surface area (Å²) in [6, 6.07) is 18.6. The van der Waals surface area contributed by atoms with Crippen LogP contribution in [0.25, 0.3) is 49.7 Å². The van der Waals surface area contributed by atoms with Crippen molar-refractivity contribution in [2.75, 3.05) is 64.7 Å². The second-order valence-electron chi connectivity index (χ2n) is 25.2. The number of nitrogens with one attached hydrogen (secondary N) is 2. The molecular weight excluding hydrogens is 1260 g/mol. The lowest BCUT2D eigenvalue weighted by molar-refractivity contribution is 0.167. The molecule has 4 atom stereocenters. The molecule has 3 aromatic carbocycles. The van der Waals surface area contributed by atoms with Crippen LogP contribution < -0.4 is 42.0 Å². The molecule has 0 spiro atoms. The van der Waals surface area contributed by atoms with Crippen molar-refractivity contribution in [3.8, 4) is 17.2 Å². The van der Waals surface area contributed by atoms with Crippen LogP contribution in [0.2, 0.25) is 0 Å². The van der Waals surface area contributed by atoms with Gasteiger partial charge < -0.3 is 59.7 Å². The van der Waals surface area contributed by atoms with Crippen molar-refractivity contribution in [2.45, 2.75) is 151 Å². The largest absolute Gasteiger partial charge is 0.494 e. The van der Waals surface area contributed by atoms with Gasteiger partial charge in [0.15, 0.2) is 58.0 Å². The number of benzene rings is 3. The number of methoxy groups -OCH3 is 3. The summed E-state index contributed by atoms with van der Waals surface area (Å²) in [6.07, 6.45) is 7.02. The van der Waals surface area contributed by atoms with Crippen LogP contribution in [0.4, 0.5) is 17.8 Å². The number of hydrogen-bond donors (Lipinski definition) is 5. The summed E-state index contributed by atoms with van der Waals surface area (Å²) in [4.78, 5) is 49.6. The Kier molecular flexibility index (Phi) is 19.4. The molecule has 0 amide bonds. The van der Waals surface area contributed by atoms with Crippen LogP contribution in [0.15, 0.2) is 72.3 Å². The number of aryl methyl sites for hydroxylation is 5. The molecule has 0 radical (unpaired) electrons. The summed E-state index contributed by atoms with van der Waals surface area (Å²) in [6.45, 7) is 23.5. The van der Waals surface area contributed by atoms with E-state index >= 15 is 0 Å². The summed E-state index contributed by atoms with van der Waals surface area (Å²) in [5.74, 6) is 12.2. The molecule has 13 aromatic rings. The van der Waals surface area contributed by atoms with E-state index in [9.17, 15) is 0 Å². The van der Waals surface area contributed by atoms with Crippen LogP contribution in [0.5, 0.6) is 17.2 Å². The molecule has 10 aromatic heterocycles. The number of fused-ring (bicyclic) bond motifs is 13. The zero-order chi connectivity index (χ0) is 69.3. The third-order valence-corrected chi connectivity index (χ3v) is 18.2. The molecular formula is C69H85N23O7. The number of nitrogens with two attached hydrogens (primary N) is 3. The zero-order valence-corrected chi connectivity index (χ0v) is 58.0. The molecule has 0 bridgehead atoms. The smallest absolute Gasteiger partial charge is 0.223 e. The maximum Gasteiger partial charge on any atom is 0.223 e. The Hall–Kier alpha value is -10.4. The predicted molar refractivity (Wildman–Crippen MR) is 372 cm³/mol. The molecule has 30 heteroatoms. The van der Waals surface area contributed by atoms with Crippen molar-refractivity contribution >= 4 is 67.5 Å². The standard InChI is InChI=1S/2C20H23N7O2.C13H15N5O.2C8H12N2O/c1-11-18-14(22-12(2)29-18)7-9-26(11)10-8-16-23-19-13-5-4-6-15(28-3)17(13)24-20(21)27(19)25-16;1-11-9-14-16(29-12(2)22-14)10-26(11)8-7-17-23-19-13-5-4-6-15(28-3)18(13)24-20(21)27(19)25-17;1-3-5-10-15-12-8-6-4-7-9(19-2)11(8)16-13(14)18(12)17-10;1-5-3-7-8(4-9-5)11-6(2)10-7;1-5-8-7(3-4-9-5)10-6(2)11-8/h2*4-6,11H,7-10H2,1-3H3,(H2,21,24);4,6-7H,3,5H2,1-2H3,(H2,14,16);2*5,9H,3-4H2,1-2H3. The van der Waals surface area contributed by atoms with E-state index in [1.807, 2.05) is 82.3 Å². The summed E-state index contributed by atoms with van der Waals surface area (Å²) in [7, 11) is 4.85. The van der Waals surface area contributed by atoms with Crippen molar-refractivity contribution in [1.29, 1.82) is 0 Å². The van der Waals surface area contributed by atoms with Crippen LogP contribution in [-0.4, -0.2) is 148 Å². The van der Waals surface area contributed by atoms with Crippen molar-refractivity contribution < 1.29 is 31.9 Å². The number of anilines is 3. The average molecular weight is 1350 g/mol. The first-order chi connectivity index (χ1) is 47.8. The fourth-order valence-electron chi connectivity index (χ4n) is 13.2. The molecule has 4 unspecified atom stereocenters. The number of nitrogen functional groups attached to an aromatic ring is 3. The van der Waals surface area contributed by atoms with Gasteiger partial charge in [0.2, 0.25) is 17.8 Å². The first-order valence-electron chi connectivity index (χ1n) is 33.6. The SMILES string of the molecule is CCCc1nc2c3cccc(OC)c3nc(N)n2n1.COc1cccc2c1nc(N)n1nc(CCN3CCc4nc(C)oc4C3C)nc21.COc1cccc2c1nc(N)n1nc(CCN3Cc4oc(C)nc4CC3C)nc21.Cc1nc2c(o1)C(C)NCC2.Cc1nc2c(o1)CNC(C)C2. The Bertz CT molecular complexity index is 4910. The normalized spacial score (nSPS) is 17.4. The molecule has 8 N–H and O–H groups in total. The lowest BCUT2D eigenvalue weighted by atomic mass is 10.0. The van der Waals surface area contributed by atoms with Crippen LogP contribution in [-0.2, 0) is 58.0 Å². The second kappa shape index (κ2) is 28.6. The molecule has 14 heterocycles. The lowest BCUT2D eigenvalue weighted by Crippen LogP contribution is -2.39. The van der Waals surface area contributed by atoms with Crippen molar-refractivity contribution in [3.05, 3.63) is 141 Å². The number of hydrogen-bond acceptors (Lipinski definition) is 27. The van der Waals surface area contributed by atoms with Gasteiger partial charge >= 0.3 is 0 Å². The summed E-state index contributed by atoms with van der Waals surface area (Å²) in [5.41, 5.74) is 26.9. The second-order valence-corrected chi connectivity index (χ2v) is 25.2. The molecule has 0 aliphatic carbocycles. The highest BCUT2D eigenvalue weighted by Crippen LogP contribution is 2.34. The van der Waals surface area contributed by atoms with Crippen molar-refractivity contribution in [1.82, 2.24) is 99.1 Å². The van der Waals surface area contributed by atoms with Gasteiger partial charge in [0.05, 0.1) is 69.3 Å². The van der Waals surface area contributed by atoms with E-state index in [2.05, 4.69) is 110 Å². The molecule has 518 valence electrons. The topological polar surface area (TPSA) is 370 Å².